The molecule has 5 heterocycles. The molecule has 0 aliphatic carbocycles. The first kappa shape index (κ1) is 24.7. The van der Waals surface area contributed by atoms with E-state index in [9.17, 15) is 4.79 Å². The van der Waals surface area contributed by atoms with Crippen molar-refractivity contribution in [2.24, 2.45) is 13.0 Å². The van der Waals surface area contributed by atoms with Gasteiger partial charge < -0.3 is 9.80 Å². The molecule has 7 nitrogen and oxygen atoms in total. The second-order valence-corrected chi connectivity index (χ2v) is 11.2. The van der Waals surface area contributed by atoms with Crippen LogP contribution in [0.3, 0.4) is 0 Å². The average molecular weight is 481 g/mol. The number of nitrogens with zero attached hydrogens (tertiary/aromatic N) is 6. The van der Waals surface area contributed by atoms with Gasteiger partial charge in [-0.3, -0.25) is 9.69 Å². The summed E-state index contributed by atoms with van der Waals surface area (Å²) in [6, 6.07) is 4.91. The molecular formula is C28H44N6O. The van der Waals surface area contributed by atoms with E-state index in [1.54, 1.807) is 4.68 Å². The third-order valence-corrected chi connectivity index (χ3v) is 8.69. The number of carbonyl (C=O) groups excluding carboxylic acids is 1. The van der Waals surface area contributed by atoms with Crippen LogP contribution in [0.15, 0.2) is 12.1 Å². The Bertz CT molecular complexity index is 987. The van der Waals surface area contributed by atoms with Gasteiger partial charge in [-0.2, -0.15) is 5.10 Å². The average Bonchev–Trinajstić information content (AvgIpc) is 3.03. The van der Waals surface area contributed by atoms with Gasteiger partial charge in [-0.1, -0.05) is 19.3 Å². The molecule has 7 heteroatoms. The highest BCUT2D eigenvalue weighted by Crippen LogP contribution is 2.27. The minimum atomic E-state index is 0.181. The summed E-state index contributed by atoms with van der Waals surface area (Å²) in [5.41, 5.74) is 1.44. The topological polar surface area (TPSA) is 57.5 Å². The van der Waals surface area contributed by atoms with Gasteiger partial charge in [-0.05, 0) is 83.1 Å². The van der Waals surface area contributed by atoms with Gasteiger partial charge in [0.1, 0.15) is 11.5 Å². The lowest BCUT2D eigenvalue weighted by Gasteiger charge is -2.37. The van der Waals surface area contributed by atoms with Crippen LogP contribution in [-0.2, 0) is 7.05 Å². The second-order valence-electron chi connectivity index (χ2n) is 11.2. The lowest BCUT2D eigenvalue weighted by atomic mass is 9.90. The SMILES string of the molecule is CC1CCCCN1CCN1CCC(CC(=O)c2nn(C)c3nc(N4CCCCCC4)ccc23)CC1. The molecule has 3 aliphatic heterocycles. The summed E-state index contributed by atoms with van der Waals surface area (Å²) in [4.78, 5) is 25.9. The Kier molecular flexibility index (Phi) is 8.03. The number of aromatic nitrogens is 3. The van der Waals surface area contributed by atoms with Crippen LogP contribution >= 0.6 is 0 Å². The van der Waals surface area contributed by atoms with Crippen molar-refractivity contribution < 1.29 is 4.79 Å². The van der Waals surface area contributed by atoms with Crippen LogP contribution in [0.4, 0.5) is 5.82 Å². The number of aryl methyl sites for hydroxylation is 1. The van der Waals surface area contributed by atoms with Crippen molar-refractivity contribution in [1.29, 1.82) is 0 Å². The molecule has 35 heavy (non-hydrogen) atoms. The fourth-order valence-corrected chi connectivity index (χ4v) is 6.34. The predicted octanol–water partition coefficient (Wildman–Crippen LogP) is 4.51. The molecule has 0 saturated carbocycles. The van der Waals surface area contributed by atoms with Gasteiger partial charge in [0.15, 0.2) is 11.4 Å². The second kappa shape index (κ2) is 11.4. The Morgan fingerprint density at radius 2 is 1.66 bits per heavy atom. The fraction of sp³-hybridized carbons (Fsp3) is 0.750. The molecule has 0 spiro atoms. The molecule has 1 atom stereocenters. The maximum Gasteiger partial charge on any atom is 0.184 e. The zero-order valence-electron chi connectivity index (χ0n) is 21.9. The monoisotopic (exact) mass is 480 g/mol. The Hall–Kier alpha value is -1.99. The summed E-state index contributed by atoms with van der Waals surface area (Å²) in [5, 5.41) is 5.54. The summed E-state index contributed by atoms with van der Waals surface area (Å²) >= 11 is 0. The number of anilines is 1. The highest BCUT2D eigenvalue weighted by atomic mass is 16.1. The molecule has 0 amide bonds. The third-order valence-electron chi connectivity index (χ3n) is 8.69. The number of fused-ring (bicyclic) bond motifs is 1. The van der Waals surface area contributed by atoms with Crippen molar-refractivity contribution in [2.45, 2.75) is 77.2 Å². The number of likely N-dealkylation sites (tertiary alicyclic amines) is 2. The van der Waals surface area contributed by atoms with Crippen molar-refractivity contribution in [3.63, 3.8) is 0 Å². The van der Waals surface area contributed by atoms with E-state index in [1.165, 1.54) is 64.6 Å². The Morgan fingerprint density at radius 3 is 2.40 bits per heavy atom. The summed E-state index contributed by atoms with van der Waals surface area (Å²) in [6.07, 6.45) is 12.0. The van der Waals surface area contributed by atoms with Crippen molar-refractivity contribution in [1.82, 2.24) is 24.6 Å². The molecular weight excluding hydrogens is 436 g/mol. The molecule has 3 saturated heterocycles. The maximum absolute atomic E-state index is 13.3. The van der Waals surface area contributed by atoms with E-state index >= 15 is 0 Å². The number of hydrogen-bond donors (Lipinski definition) is 0. The number of Topliss-reactive ketones (excluding diaryl/α,β-unsaturated/α-hetero) is 1. The van der Waals surface area contributed by atoms with Crippen LogP contribution in [0, 0.1) is 5.92 Å². The number of carbonyl (C=O) groups is 1. The molecule has 3 aliphatic rings. The molecule has 2 aromatic heterocycles. The van der Waals surface area contributed by atoms with E-state index < -0.39 is 0 Å². The Labute approximate surface area is 210 Å². The van der Waals surface area contributed by atoms with E-state index in [-0.39, 0.29) is 5.78 Å². The van der Waals surface area contributed by atoms with E-state index in [4.69, 9.17) is 4.98 Å². The highest BCUT2D eigenvalue weighted by Gasteiger charge is 2.26. The highest BCUT2D eigenvalue weighted by molar-refractivity contribution is 6.05. The predicted molar refractivity (Wildman–Crippen MR) is 142 cm³/mol. The normalized spacial score (nSPS) is 23.6. The van der Waals surface area contributed by atoms with E-state index in [0.717, 1.165) is 61.9 Å². The van der Waals surface area contributed by atoms with Crippen molar-refractivity contribution >= 4 is 22.6 Å². The Morgan fingerprint density at radius 1 is 0.914 bits per heavy atom. The van der Waals surface area contributed by atoms with Gasteiger partial charge in [0.05, 0.1) is 5.39 Å². The zero-order valence-corrected chi connectivity index (χ0v) is 21.9. The van der Waals surface area contributed by atoms with Crippen LogP contribution in [0.5, 0.6) is 0 Å². The minimum Gasteiger partial charge on any atom is -0.357 e. The van der Waals surface area contributed by atoms with Crippen LogP contribution in [0.25, 0.3) is 11.0 Å². The largest absolute Gasteiger partial charge is 0.357 e. The molecule has 3 fully saturated rings. The fourth-order valence-electron chi connectivity index (χ4n) is 6.34. The third kappa shape index (κ3) is 5.88. The van der Waals surface area contributed by atoms with Gasteiger partial charge in [-0.25, -0.2) is 9.67 Å². The van der Waals surface area contributed by atoms with E-state index in [1.807, 2.05) is 7.05 Å². The lowest BCUT2D eigenvalue weighted by Crippen LogP contribution is -2.44. The van der Waals surface area contributed by atoms with Gasteiger partial charge >= 0.3 is 0 Å². The number of hydrogen-bond acceptors (Lipinski definition) is 6. The molecule has 192 valence electrons. The number of pyridine rings is 1. The molecule has 5 rings (SSSR count). The van der Waals surface area contributed by atoms with Gasteiger partial charge in [-0.15, -0.1) is 0 Å². The van der Waals surface area contributed by atoms with Gasteiger partial charge in [0.2, 0.25) is 0 Å². The molecule has 0 bridgehead atoms. The number of rotatable bonds is 7. The van der Waals surface area contributed by atoms with Gasteiger partial charge in [0.25, 0.3) is 0 Å². The summed E-state index contributed by atoms with van der Waals surface area (Å²) in [5.74, 6) is 1.67. The first-order chi connectivity index (χ1) is 17.1. The summed E-state index contributed by atoms with van der Waals surface area (Å²) in [7, 11) is 1.92. The van der Waals surface area contributed by atoms with E-state index in [2.05, 4.69) is 38.9 Å². The van der Waals surface area contributed by atoms with Crippen molar-refractivity contribution in [3.8, 4) is 0 Å². The lowest BCUT2D eigenvalue weighted by molar-refractivity contribution is 0.0900. The Balaban J connectivity index is 1.15. The zero-order chi connectivity index (χ0) is 24.2. The van der Waals surface area contributed by atoms with E-state index in [0.29, 0.717) is 18.0 Å². The van der Waals surface area contributed by atoms with Gasteiger partial charge in [0, 0.05) is 45.7 Å². The van der Waals surface area contributed by atoms with Crippen molar-refractivity contribution in [3.05, 3.63) is 17.8 Å². The smallest absolute Gasteiger partial charge is 0.184 e. The number of ketones is 1. The van der Waals surface area contributed by atoms with Crippen LogP contribution in [0.1, 0.15) is 81.6 Å². The summed E-state index contributed by atoms with van der Waals surface area (Å²) < 4.78 is 1.80. The quantitative estimate of drug-likeness (QED) is 0.544. The molecule has 0 N–H and O–H groups in total. The minimum absolute atomic E-state index is 0.181. The maximum atomic E-state index is 13.3. The molecule has 1 unspecified atom stereocenters. The first-order valence-corrected chi connectivity index (χ1v) is 14.2. The van der Waals surface area contributed by atoms with Crippen LogP contribution in [0.2, 0.25) is 0 Å². The summed E-state index contributed by atoms with van der Waals surface area (Å²) in [6.45, 7) is 10.4. The molecule has 2 aromatic rings. The standard InChI is InChI=1S/C28H44N6O/c1-22-9-5-8-14-33(22)20-19-32-17-12-23(13-18-32)21-25(35)27-24-10-11-26(29-28(24)31(2)30-27)34-15-6-3-4-7-16-34/h10-11,22-23H,3-9,12-21H2,1-2H3. The number of piperidine rings is 2. The van der Waals surface area contributed by atoms with Crippen LogP contribution in [-0.4, -0.2) is 82.2 Å². The first-order valence-electron chi connectivity index (χ1n) is 14.2. The molecule has 0 aromatic carbocycles. The van der Waals surface area contributed by atoms with Crippen molar-refractivity contribution in [2.75, 3.05) is 50.7 Å². The molecule has 0 radical (unpaired) electrons. The van der Waals surface area contributed by atoms with Crippen LogP contribution < -0.4 is 4.90 Å².